The molecular weight excluding hydrogens is 280 g/mol. The maximum atomic E-state index is 9.85. The molecule has 1 unspecified atom stereocenters. The lowest BCUT2D eigenvalue weighted by molar-refractivity contribution is 0.199. The molecule has 0 aromatic heterocycles. The van der Waals surface area contributed by atoms with Crippen LogP contribution < -0.4 is 4.90 Å². The molecule has 0 amide bonds. The van der Waals surface area contributed by atoms with Gasteiger partial charge in [-0.15, -0.1) is 0 Å². The minimum absolute atomic E-state index is 0.429. The third-order valence-electron chi connectivity index (χ3n) is 3.28. The van der Waals surface area contributed by atoms with Gasteiger partial charge in [0.1, 0.15) is 0 Å². The van der Waals surface area contributed by atoms with Crippen molar-refractivity contribution in [3.05, 3.63) is 28.2 Å². The average molecular weight is 299 g/mol. The summed E-state index contributed by atoms with van der Waals surface area (Å²) in [4.78, 5) is 4.69. The van der Waals surface area contributed by atoms with Gasteiger partial charge in [0.25, 0.3) is 0 Å². The Labute approximate surface area is 111 Å². The van der Waals surface area contributed by atoms with E-state index in [4.69, 9.17) is 0 Å². The van der Waals surface area contributed by atoms with Crippen molar-refractivity contribution in [3.8, 4) is 0 Å². The minimum Gasteiger partial charge on any atom is -0.389 e. The zero-order chi connectivity index (χ0) is 12.4. The molecule has 1 aromatic carbocycles. The topological polar surface area (TPSA) is 26.7 Å². The largest absolute Gasteiger partial charge is 0.389 e. The Morgan fingerprint density at radius 3 is 2.47 bits per heavy atom. The quantitative estimate of drug-likeness (QED) is 0.907. The van der Waals surface area contributed by atoms with Crippen LogP contribution in [0.3, 0.4) is 0 Å². The molecular formula is C13H19BrN2O. The van der Waals surface area contributed by atoms with Crippen molar-refractivity contribution in [1.29, 1.82) is 0 Å². The van der Waals surface area contributed by atoms with E-state index < -0.39 is 6.10 Å². The highest BCUT2D eigenvalue weighted by atomic mass is 79.9. The second-order valence-electron chi connectivity index (χ2n) is 4.67. The first-order valence-corrected chi connectivity index (χ1v) is 6.78. The lowest BCUT2D eigenvalue weighted by Gasteiger charge is -2.35. The smallest absolute Gasteiger partial charge is 0.0782 e. The minimum atomic E-state index is -0.429. The molecule has 1 heterocycles. The van der Waals surface area contributed by atoms with E-state index in [-0.39, 0.29) is 0 Å². The Morgan fingerprint density at radius 1 is 1.24 bits per heavy atom. The molecule has 3 nitrogen and oxygen atoms in total. The Kier molecular flexibility index (Phi) is 4.07. The lowest BCUT2D eigenvalue weighted by Crippen LogP contribution is -2.44. The molecule has 1 saturated heterocycles. The maximum Gasteiger partial charge on any atom is 0.0782 e. The van der Waals surface area contributed by atoms with Gasteiger partial charge in [0.2, 0.25) is 0 Å². The van der Waals surface area contributed by atoms with Crippen LogP contribution in [0.25, 0.3) is 0 Å². The molecule has 1 atom stereocenters. The van der Waals surface area contributed by atoms with Gasteiger partial charge in [-0.05, 0) is 32.2 Å². The number of hydrogen-bond acceptors (Lipinski definition) is 3. The summed E-state index contributed by atoms with van der Waals surface area (Å²) in [5.41, 5.74) is 2.17. The summed E-state index contributed by atoms with van der Waals surface area (Å²) in [6.45, 7) is 6.03. The fraction of sp³-hybridized carbons (Fsp3) is 0.538. The van der Waals surface area contributed by atoms with Crippen LogP contribution in [-0.2, 0) is 0 Å². The summed E-state index contributed by atoms with van der Waals surface area (Å²) in [5.74, 6) is 0. The summed E-state index contributed by atoms with van der Waals surface area (Å²) in [6.07, 6.45) is -0.429. The molecule has 1 aliphatic rings. The molecule has 1 fully saturated rings. The van der Waals surface area contributed by atoms with Crippen molar-refractivity contribution in [3.63, 3.8) is 0 Å². The van der Waals surface area contributed by atoms with Crippen molar-refractivity contribution in [2.45, 2.75) is 13.0 Å². The second-order valence-corrected chi connectivity index (χ2v) is 5.59. The Hall–Kier alpha value is -0.580. The Bertz CT molecular complexity index is 387. The molecule has 94 valence electrons. The van der Waals surface area contributed by atoms with Crippen molar-refractivity contribution in [2.75, 3.05) is 38.1 Å². The first-order valence-electron chi connectivity index (χ1n) is 5.99. The Morgan fingerprint density at radius 2 is 1.88 bits per heavy atom. The van der Waals surface area contributed by atoms with Crippen LogP contribution in [-0.4, -0.2) is 43.2 Å². The maximum absolute atomic E-state index is 9.85. The SMILES string of the molecule is CC(O)c1cc(Br)ccc1N1CCN(C)CC1. The van der Waals surface area contributed by atoms with Gasteiger partial charge in [-0.2, -0.15) is 0 Å². The summed E-state index contributed by atoms with van der Waals surface area (Å²) < 4.78 is 1.02. The van der Waals surface area contributed by atoms with Crippen LogP contribution >= 0.6 is 15.9 Å². The van der Waals surface area contributed by atoms with Crippen LogP contribution in [0.1, 0.15) is 18.6 Å². The number of aliphatic hydroxyl groups is 1. The summed E-state index contributed by atoms with van der Waals surface area (Å²) in [6, 6.07) is 6.15. The molecule has 1 N–H and O–H groups in total. The van der Waals surface area contributed by atoms with Gasteiger partial charge in [-0.1, -0.05) is 15.9 Å². The first kappa shape index (κ1) is 12.9. The fourth-order valence-corrected chi connectivity index (χ4v) is 2.57. The molecule has 0 aliphatic carbocycles. The van der Waals surface area contributed by atoms with Crippen molar-refractivity contribution < 1.29 is 5.11 Å². The highest BCUT2D eigenvalue weighted by Gasteiger charge is 2.18. The highest BCUT2D eigenvalue weighted by Crippen LogP contribution is 2.30. The molecule has 4 heteroatoms. The third kappa shape index (κ3) is 3.00. The fourth-order valence-electron chi connectivity index (χ4n) is 2.20. The predicted molar refractivity (Wildman–Crippen MR) is 74.5 cm³/mol. The van der Waals surface area contributed by atoms with Crippen LogP contribution in [0.4, 0.5) is 5.69 Å². The third-order valence-corrected chi connectivity index (χ3v) is 3.78. The van der Waals surface area contributed by atoms with Gasteiger partial charge in [0, 0.05) is 41.9 Å². The number of benzene rings is 1. The van der Waals surface area contributed by atoms with E-state index in [1.807, 2.05) is 19.1 Å². The first-order chi connectivity index (χ1) is 8.08. The lowest BCUT2D eigenvalue weighted by atomic mass is 10.1. The molecule has 0 bridgehead atoms. The number of hydrogen-bond donors (Lipinski definition) is 1. The summed E-state index contributed by atoms with van der Waals surface area (Å²) >= 11 is 3.46. The van der Waals surface area contributed by atoms with E-state index in [9.17, 15) is 5.11 Å². The van der Waals surface area contributed by atoms with Crippen molar-refractivity contribution in [2.24, 2.45) is 0 Å². The summed E-state index contributed by atoms with van der Waals surface area (Å²) in [5, 5.41) is 9.85. The monoisotopic (exact) mass is 298 g/mol. The van der Waals surface area contributed by atoms with Crippen molar-refractivity contribution in [1.82, 2.24) is 4.90 Å². The molecule has 2 rings (SSSR count). The highest BCUT2D eigenvalue weighted by molar-refractivity contribution is 9.10. The summed E-state index contributed by atoms with van der Waals surface area (Å²) in [7, 11) is 2.15. The number of halogens is 1. The van der Waals surface area contributed by atoms with Crippen LogP contribution in [0, 0.1) is 0 Å². The molecule has 17 heavy (non-hydrogen) atoms. The van der Waals surface area contributed by atoms with Crippen molar-refractivity contribution >= 4 is 21.6 Å². The number of anilines is 1. The van der Waals surface area contributed by atoms with Gasteiger partial charge in [-0.3, -0.25) is 0 Å². The predicted octanol–water partition coefficient (Wildman–Crippen LogP) is 2.25. The van der Waals surface area contributed by atoms with Gasteiger partial charge in [0.05, 0.1) is 6.10 Å². The standard InChI is InChI=1S/C13H19BrN2O/c1-10(17)12-9-11(14)3-4-13(12)16-7-5-15(2)6-8-16/h3-4,9-10,17H,5-8H2,1-2H3. The number of likely N-dealkylation sites (N-methyl/N-ethyl adjacent to an activating group) is 1. The van der Waals surface area contributed by atoms with E-state index >= 15 is 0 Å². The van der Waals surface area contributed by atoms with E-state index in [1.165, 1.54) is 0 Å². The van der Waals surface area contributed by atoms with E-state index in [1.54, 1.807) is 0 Å². The molecule has 1 aliphatic heterocycles. The van der Waals surface area contributed by atoms with E-state index in [0.717, 1.165) is 41.9 Å². The molecule has 0 saturated carbocycles. The Balaban J connectivity index is 2.25. The molecule has 0 spiro atoms. The number of piperazine rings is 1. The van der Waals surface area contributed by atoms with Crippen LogP contribution in [0.5, 0.6) is 0 Å². The number of nitrogens with zero attached hydrogens (tertiary/aromatic N) is 2. The normalized spacial score (nSPS) is 19.4. The van der Waals surface area contributed by atoms with Gasteiger partial charge < -0.3 is 14.9 Å². The molecule has 0 radical (unpaired) electrons. The zero-order valence-corrected chi connectivity index (χ0v) is 11.9. The van der Waals surface area contributed by atoms with Crippen LogP contribution in [0.2, 0.25) is 0 Å². The van der Waals surface area contributed by atoms with E-state index in [0.29, 0.717) is 0 Å². The van der Waals surface area contributed by atoms with Crippen LogP contribution in [0.15, 0.2) is 22.7 Å². The average Bonchev–Trinajstić information content (AvgIpc) is 2.30. The van der Waals surface area contributed by atoms with Gasteiger partial charge >= 0.3 is 0 Å². The van der Waals surface area contributed by atoms with E-state index in [2.05, 4.69) is 38.8 Å². The molecule has 1 aromatic rings. The number of rotatable bonds is 2. The van der Waals surface area contributed by atoms with Gasteiger partial charge in [-0.25, -0.2) is 0 Å². The van der Waals surface area contributed by atoms with Gasteiger partial charge in [0.15, 0.2) is 0 Å². The zero-order valence-electron chi connectivity index (χ0n) is 10.4. The number of aliphatic hydroxyl groups excluding tert-OH is 1. The second kappa shape index (κ2) is 5.38.